The van der Waals surface area contributed by atoms with Crippen LogP contribution in [0.3, 0.4) is 0 Å². The molecule has 0 fully saturated rings. The summed E-state index contributed by atoms with van der Waals surface area (Å²) < 4.78 is 0. The van der Waals surface area contributed by atoms with Gasteiger partial charge in [0.15, 0.2) is 0 Å². The van der Waals surface area contributed by atoms with Gasteiger partial charge in [-0.25, -0.2) is 4.79 Å². The van der Waals surface area contributed by atoms with Crippen molar-refractivity contribution in [3.8, 4) is 0 Å². The van der Waals surface area contributed by atoms with Gasteiger partial charge in [-0.1, -0.05) is 6.07 Å². The van der Waals surface area contributed by atoms with Crippen LogP contribution in [0.25, 0.3) is 0 Å². The second-order valence-corrected chi connectivity index (χ2v) is 7.93. The smallest absolute Gasteiger partial charge is 0.322 e. The minimum Gasteiger partial charge on any atom is -0.366 e. The first-order chi connectivity index (χ1) is 12.3. The van der Waals surface area contributed by atoms with Crippen molar-refractivity contribution in [1.29, 1.82) is 0 Å². The summed E-state index contributed by atoms with van der Waals surface area (Å²) >= 11 is 1.69. The van der Waals surface area contributed by atoms with E-state index in [9.17, 15) is 9.59 Å². The van der Waals surface area contributed by atoms with E-state index in [0.717, 1.165) is 17.0 Å². The standard InChI is InChI=1S/C19H26N4O2S/c1-13-5-7-15(18(20)24)11-17(13)21-19(25)23(10-9-22(3)4)12-16-8-6-14(2)26-16/h5-8,11H,9-10,12H2,1-4H3,(H2,20,24)(H,21,25). The summed E-state index contributed by atoms with van der Waals surface area (Å²) in [7, 11) is 3.96. The number of aryl methyl sites for hydroxylation is 2. The number of urea groups is 1. The summed E-state index contributed by atoms with van der Waals surface area (Å²) in [5.41, 5.74) is 7.20. The van der Waals surface area contributed by atoms with Gasteiger partial charge in [-0.05, 0) is 57.8 Å². The van der Waals surface area contributed by atoms with Gasteiger partial charge in [0, 0.05) is 34.1 Å². The summed E-state index contributed by atoms with van der Waals surface area (Å²) in [6.07, 6.45) is 0. The highest BCUT2D eigenvalue weighted by Gasteiger charge is 2.17. The Hall–Kier alpha value is -2.38. The van der Waals surface area contributed by atoms with Gasteiger partial charge < -0.3 is 20.9 Å². The second kappa shape index (κ2) is 8.82. The molecule has 0 radical (unpaired) electrons. The van der Waals surface area contributed by atoms with Gasteiger partial charge in [-0.3, -0.25) is 4.79 Å². The molecule has 0 atom stereocenters. The molecule has 2 aromatic rings. The number of likely N-dealkylation sites (N-methyl/N-ethyl adjacent to an activating group) is 1. The summed E-state index contributed by atoms with van der Waals surface area (Å²) in [6, 6.07) is 8.98. The first-order valence-corrected chi connectivity index (χ1v) is 9.24. The van der Waals surface area contributed by atoms with Crippen molar-refractivity contribution in [2.45, 2.75) is 20.4 Å². The molecular weight excluding hydrogens is 348 g/mol. The fourth-order valence-electron chi connectivity index (χ4n) is 2.44. The third-order valence-electron chi connectivity index (χ3n) is 4.01. The zero-order chi connectivity index (χ0) is 19.3. The molecule has 6 nitrogen and oxygen atoms in total. The molecule has 2 rings (SSSR count). The quantitative estimate of drug-likeness (QED) is 0.782. The zero-order valence-corrected chi connectivity index (χ0v) is 16.5. The Kier molecular flexibility index (Phi) is 6.76. The van der Waals surface area contributed by atoms with E-state index in [1.165, 1.54) is 4.88 Å². The van der Waals surface area contributed by atoms with E-state index in [4.69, 9.17) is 5.73 Å². The maximum Gasteiger partial charge on any atom is 0.322 e. The van der Waals surface area contributed by atoms with Crippen LogP contribution in [0.4, 0.5) is 10.5 Å². The number of hydrogen-bond donors (Lipinski definition) is 2. The summed E-state index contributed by atoms with van der Waals surface area (Å²) in [6.45, 7) is 5.85. The lowest BCUT2D eigenvalue weighted by atomic mass is 10.1. The molecule has 1 aromatic carbocycles. The lowest BCUT2D eigenvalue weighted by Gasteiger charge is -2.25. The van der Waals surface area contributed by atoms with Crippen LogP contribution in [0.1, 0.15) is 25.7 Å². The molecular formula is C19H26N4O2S. The van der Waals surface area contributed by atoms with Crippen LogP contribution in [-0.4, -0.2) is 48.9 Å². The van der Waals surface area contributed by atoms with Crippen molar-refractivity contribution in [2.75, 3.05) is 32.5 Å². The molecule has 0 saturated carbocycles. The Morgan fingerprint density at radius 1 is 1.12 bits per heavy atom. The number of carbonyl (C=O) groups is 2. The second-order valence-electron chi connectivity index (χ2n) is 6.56. The number of nitrogens with one attached hydrogen (secondary N) is 1. The van der Waals surface area contributed by atoms with Gasteiger partial charge in [0.25, 0.3) is 0 Å². The van der Waals surface area contributed by atoms with E-state index in [0.29, 0.717) is 24.3 Å². The van der Waals surface area contributed by atoms with Crippen LogP contribution in [-0.2, 0) is 6.54 Å². The van der Waals surface area contributed by atoms with Gasteiger partial charge in [0.2, 0.25) is 5.91 Å². The maximum atomic E-state index is 12.9. The van der Waals surface area contributed by atoms with Crippen LogP contribution in [0.5, 0.6) is 0 Å². The average molecular weight is 375 g/mol. The number of nitrogens with two attached hydrogens (primary N) is 1. The van der Waals surface area contributed by atoms with E-state index < -0.39 is 5.91 Å². The number of thiophene rings is 1. The van der Waals surface area contributed by atoms with Gasteiger partial charge in [0.1, 0.15) is 0 Å². The molecule has 3 N–H and O–H groups in total. The predicted octanol–water partition coefficient (Wildman–Crippen LogP) is 3.06. The summed E-state index contributed by atoms with van der Waals surface area (Å²) in [5, 5.41) is 2.92. The monoisotopic (exact) mass is 374 g/mol. The Labute approximate surface area is 158 Å². The van der Waals surface area contributed by atoms with Crippen LogP contribution in [0.2, 0.25) is 0 Å². The molecule has 0 aliphatic carbocycles. The molecule has 0 unspecified atom stereocenters. The van der Waals surface area contributed by atoms with Crippen molar-refractivity contribution < 1.29 is 9.59 Å². The maximum absolute atomic E-state index is 12.9. The molecule has 26 heavy (non-hydrogen) atoms. The van der Waals surface area contributed by atoms with Gasteiger partial charge in [-0.15, -0.1) is 11.3 Å². The van der Waals surface area contributed by atoms with E-state index in [2.05, 4.69) is 24.4 Å². The molecule has 3 amide bonds. The van der Waals surface area contributed by atoms with Crippen molar-refractivity contribution in [3.63, 3.8) is 0 Å². The molecule has 0 aliphatic heterocycles. The van der Waals surface area contributed by atoms with Gasteiger partial charge >= 0.3 is 6.03 Å². The highest BCUT2D eigenvalue weighted by molar-refractivity contribution is 7.11. The van der Waals surface area contributed by atoms with Gasteiger partial charge in [0.05, 0.1) is 6.54 Å². The number of benzene rings is 1. The fourth-order valence-corrected chi connectivity index (χ4v) is 3.34. The molecule has 0 bridgehead atoms. The van der Waals surface area contributed by atoms with Crippen molar-refractivity contribution in [2.24, 2.45) is 5.73 Å². The van der Waals surface area contributed by atoms with E-state index >= 15 is 0 Å². The number of carbonyl (C=O) groups excluding carboxylic acids is 2. The summed E-state index contributed by atoms with van der Waals surface area (Å²) in [5.74, 6) is -0.515. The molecule has 0 saturated heterocycles. The lowest BCUT2D eigenvalue weighted by molar-refractivity contribution is 0.1000. The van der Waals surface area contributed by atoms with Crippen molar-refractivity contribution in [1.82, 2.24) is 9.80 Å². The normalized spacial score (nSPS) is 10.8. The zero-order valence-electron chi connectivity index (χ0n) is 15.7. The third kappa shape index (κ3) is 5.57. The summed E-state index contributed by atoms with van der Waals surface area (Å²) in [4.78, 5) is 30.4. The largest absolute Gasteiger partial charge is 0.366 e. The first kappa shape index (κ1) is 19.9. The molecule has 0 aliphatic rings. The number of nitrogens with zero attached hydrogens (tertiary/aromatic N) is 2. The number of anilines is 1. The van der Waals surface area contributed by atoms with Crippen LogP contribution >= 0.6 is 11.3 Å². The number of rotatable bonds is 7. The minimum absolute atomic E-state index is 0.192. The number of amides is 3. The highest BCUT2D eigenvalue weighted by Crippen LogP contribution is 2.20. The first-order valence-electron chi connectivity index (χ1n) is 8.42. The molecule has 7 heteroatoms. The highest BCUT2D eigenvalue weighted by atomic mass is 32.1. The Balaban J connectivity index is 2.17. The topological polar surface area (TPSA) is 78.7 Å². The Morgan fingerprint density at radius 2 is 1.85 bits per heavy atom. The number of primary amides is 1. The Bertz CT molecular complexity index is 786. The Morgan fingerprint density at radius 3 is 2.42 bits per heavy atom. The van der Waals surface area contributed by atoms with Crippen molar-refractivity contribution in [3.05, 3.63) is 51.2 Å². The molecule has 1 aromatic heterocycles. The van der Waals surface area contributed by atoms with Crippen LogP contribution in [0, 0.1) is 13.8 Å². The SMILES string of the molecule is Cc1ccc(CN(CCN(C)C)C(=O)Nc2cc(C(N)=O)ccc2C)s1. The van der Waals surface area contributed by atoms with E-state index in [-0.39, 0.29) is 6.03 Å². The third-order valence-corrected chi connectivity index (χ3v) is 5.00. The lowest BCUT2D eigenvalue weighted by Crippen LogP contribution is -2.39. The van der Waals surface area contributed by atoms with Crippen LogP contribution < -0.4 is 11.1 Å². The molecule has 0 spiro atoms. The average Bonchev–Trinajstić information content (AvgIpc) is 2.98. The molecule has 1 heterocycles. The van der Waals surface area contributed by atoms with E-state index in [1.807, 2.05) is 25.9 Å². The van der Waals surface area contributed by atoms with Crippen LogP contribution in [0.15, 0.2) is 30.3 Å². The van der Waals surface area contributed by atoms with Gasteiger partial charge in [-0.2, -0.15) is 0 Å². The minimum atomic E-state index is -0.515. The predicted molar refractivity (Wildman–Crippen MR) is 107 cm³/mol. The van der Waals surface area contributed by atoms with E-state index in [1.54, 1.807) is 34.4 Å². The van der Waals surface area contributed by atoms with Crippen molar-refractivity contribution >= 4 is 29.0 Å². The molecule has 140 valence electrons. The number of hydrogen-bond acceptors (Lipinski definition) is 4. The fraction of sp³-hybridized carbons (Fsp3) is 0.368.